The van der Waals surface area contributed by atoms with E-state index in [1.165, 1.54) is 103 Å². The van der Waals surface area contributed by atoms with Crippen molar-refractivity contribution in [3.63, 3.8) is 0 Å². The molecule has 2 aliphatic rings. The van der Waals surface area contributed by atoms with Crippen LogP contribution in [0.1, 0.15) is 47.9 Å². The van der Waals surface area contributed by atoms with E-state index in [2.05, 4.69) is 158 Å². The number of aromatic nitrogens is 1. The summed E-state index contributed by atoms with van der Waals surface area (Å²) in [6.07, 6.45) is 3.10. The number of allylic oxidation sites excluding steroid dienone is 2. The number of fused-ring (bicyclic) bond motifs is 15. The van der Waals surface area contributed by atoms with Gasteiger partial charge in [0, 0.05) is 47.9 Å². The molecule has 0 aliphatic heterocycles. The first kappa shape index (κ1) is 29.1. The number of thiophene rings is 1. The lowest BCUT2D eigenvalue weighted by Crippen LogP contribution is -2.04. The third-order valence-corrected chi connectivity index (χ3v) is 12.9. The maximum absolute atomic E-state index is 3.77. The standard InChI is InChI=1S/C49H35NS/c1-2-29-25-30-11-3-4-12-33(30)45-28-42(29)36-23-21-31(34-15-9-17-40-38-13-5-7-19-46(38)50-48(34)40)26-43(36)37-24-22-32(27-44(37)45)35-16-10-18-41-39-14-6-8-20-47(39)51-49(35)41/h3-24,26-27,45,50H,2,25,28H2,1H3. The highest BCUT2D eigenvalue weighted by Gasteiger charge is 2.32. The van der Waals surface area contributed by atoms with E-state index in [9.17, 15) is 0 Å². The minimum atomic E-state index is 0.282. The van der Waals surface area contributed by atoms with Gasteiger partial charge in [-0.25, -0.2) is 0 Å². The van der Waals surface area contributed by atoms with Gasteiger partial charge in [0.15, 0.2) is 0 Å². The van der Waals surface area contributed by atoms with Crippen molar-refractivity contribution < 1.29 is 0 Å². The molecule has 2 bridgehead atoms. The van der Waals surface area contributed by atoms with Crippen molar-refractivity contribution in [2.75, 3.05) is 0 Å². The second-order valence-electron chi connectivity index (χ2n) is 14.3. The third kappa shape index (κ3) is 4.33. The van der Waals surface area contributed by atoms with Crippen LogP contribution in [0.15, 0.2) is 151 Å². The summed E-state index contributed by atoms with van der Waals surface area (Å²) >= 11 is 1.92. The van der Waals surface area contributed by atoms with E-state index in [0.29, 0.717) is 0 Å². The molecular formula is C49H35NS. The van der Waals surface area contributed by atoms with Crippen molar-refractivity contribution in [2.45, 2.75) is 32.1 Å². The molecule has 1 nitrogen and oxygen atoms in total. The second kappa shape index (κ2) is 11.2. The quantitative estimate of drug-likeness (QED) is 0.193. The Labute approximate surface area is 301 Å². The fraction of sp³-hybridized carbons (Fsp3) is 0.102. The SMILES string of the molecule is CCC1=C2CC(c3ccccc3C1)c1cc(-c3cccc4c3sc3ccccc34)ccc1-c1cc(-c3cccc4c3[nH]c3ccccc34)ccc12. The Hall–Kier alpha value is -5.70. The molecule has 242 valence electrons. The Morgan fingerprint density at radius 3 is 2.20 bits per heavy atom. The number of aromatic amines is 1. The molecule has 0 fully saturated rings. The van der Waals surface area contributed by atoms with Crippen molar-refractivity contribution in [2.24, 2.45) is 0 Å². The smallest absolute Gasteiger partial charge is 0.0544 e. The van der Waals surface area contributed by atoms with Gasteiger partial charge in [-0.15, -0.1) is 11.3 Å². The Kier molecular flexibility index (Phi) is 6.36. The van der Waals surface area contributed by atoms with Gasteiger partial charge in [-0.2, -0.15) is 0 Å². The van der Waals surface area contributed by atoms with E-state index in [1.54, 1.807) is 5.57 Å². The van der Waals surface area contributed by atoms with Gasteiger partial charge in [0.2, 0.25) is 0 Å². The summed E-state index contributed by atoms with van der Waals surface area (Å²) in [7, 11) is 0. The molecule has 51 heavy (non-hydrogen) atoms. The molecule has 2 heteroatoms. The number of rotatable bonds is 3. The van der Waals surface area contributed by atoms with Gasteiger partial charge in [-0.1, -0.05) is 134 Å². The van der Waals surface area contributed by atoms with Crippen LogP contribution in [0.2, 0.25) is 0 Å². The average Bonchev–Trinajstić information content (AvgIpc) is 3.67. The van der Waals surface area contributed by atoms with Crippen LogP contribution in [0.5, 0.6) is 0 Å². The van der Waals surface area contributed by atoms with Gasteiger partial charge in [0.25, 0.3) is 0 Å². The first-order chi connectivity index (χ1) is 25.2. The highest BCUT2D eigenvalue weighted by Crippen LogP contribution is 2.52. The Balaban J connectivity index is 1.18. The lowest BCUT2D eigenvalue weighted by Gasteiger charge is -2.22. The van der Waals surface area contributed by atoms with Crippen LogP contribution >= 0.6 is 11.3 Å². The molecule has 1 atom stereocenters. The largest absolute Gasteiger partial charge is 0.354 e. The summed E-state index contributed by atoms with van der Waals surface area (Å²) in [6, 6.07) is 55.0. The molecule has 0 saturated carbocycles. The van der Waals surface area contributed by atoms with Crippen molar-refractivity contribution in [1.29, 1.82) is 0 Å². The van der Waals surface area contributed by atoms with E-state index in [4.69, 9.17) is 0 Å². The Morgan fingerprint density at radius 1 is 0.569 bits per heavy atom. The molecule has 2 aliphatic carbocycles. The van der Waals surface area contributed by atoms with Crippen LogP contribution < -0.4 is 0 Å². The van der Waals surface area contributed by atoms with Gasteiger partial charge in [0.05, 0.1) is 5.52 Å². The first-order valence-electron chi connectivity index (χ1n) is 18.2. The molecule has 9 aromatic rings. The highest BCUT2D eigenvalue weighted by atomic mass is 32.1. The number of benzene rings is 7. The lowest BCUT2D eigenvalue weighted by molar-refractivity contribution is 0.847. The Bertz CT molecular complexity index is 2910. The van der Waals surface area contributed by atoms with Gasteiger partial charge in [-0.05, 0) is 99.2 Å². The van der Waals surface area contributed by atoms with Gasteiger partial charge < -0.3 is 4.98 Å². The molecule has 1 unspecified atom stereocenters. The molecule has 7 aromatic carbocycles. The number of hydrogen-bond donors (Lipinski definition) is 1. The number of H-pyrrole nitrogens is 1. The minimum absolute atomic E-state index is 0.282. The van der Waals surface area contributed by atoms with E-state index < -0.39 is 0 Å². The zero-order chi connectivity index (χ0) is 33.6. The maximum Gasteiger partial charge on any atom is 0.0544 e. The molecule has 0 saturated heterocycles. The van der Waals surface area contributed by atoms with Crippen LogP contribution in [0.4, 0.5) is 0 Å². The van der Waals surface area contributed by atoms with Crippen molar-refractivity contribution in [3.8, 4) is 33.4 Å². The second-order valence-corrected chi connectivity index (χ2v) is 15.4. The topological polar surface area (TPSA) is 15.8 Å². The van der Waals surface area contributed by atoms with Gasteiger partial charge >= 0.3 is 0 Å². The molecule has 0 amide bonds. The van der Waals surface area contributed by atoms with Crippen molar-refractivity contribution in [3.05, 3.63) is 173 Å². The number of nitrogens with one attached hydrogen (secondary N) is 1. The van der Waals surface area contributed by atoms with Crippen LogP contribution in [0, 0.1) is 0 Å². The van der Waals surface area contributed by atoms with Crippen molar-refractivity contribution >= 4 is 58.9 Å². The highest BCUT2D eigenvalue weighted by molar-refractivity contribution is 7.26. The minimum Gasteiger partial charge on any atom is -0.354 e. The summed E-state index contributed by atoms with van der Waals surface area (Å²) in [6.45, 7) is 2.34. The summed E-state index contributed by atoms with van der Waals surface area (Å²) in [5.74, 6) is 0.282. The maximum atomic E-state index is 3.77. The summed E-state index contributed by atoms with van der Waals surface area (Å²) in [4.78, 5) is 3.77. The van der Waals surface area contributed by atoms with E-state index in [-0.39, 0.29) is 5.92 Å². The molecule has 0 radical (unpaired) electrons. The number of hydrogen-bond acceptors (Lipinski definition) is 1. The fourth-order valence-electron chi connectivity index (χ4n) is 9.30. The van der Waals surface area contributed by atoms with Crippen LogP contribution in [0.3, 0.4) is 0 Å². The fourth-order valence-corrected chi connectivity index (χ4v) is 10.5. The molecule has 1 N–H and O–H groups in total. The first-order valence-corrected chi connectivity index (χ1v) is 19.0. The predicted octanol–water partition coefficient (Wildman–Crippen LogP) is 13.9. The van der Waals surface area contributed by atoms with Crippen LogP contribution in [-0.4, -0.2) is 4.98 Å². The monoisotopic (exact) mass is 669 g/mol. The molecule has 11 rings (SSSR count). The zero-order valence-corrected chi connectivity index (χ0v) is 29.3. The van der Waals surface area contributed by atoms with Gasteiger partial charge in [-0.3, -0.25) is 0 Å². The summed E-state index contributed by atoms with van der Waals surface area (Å²) < 4.78 is 2.72. The molecule has 2 heterocycles. The van der Waals surface area contributed by atoms with Crippen LogP contribution in [-0.2, 0) is 6.42 Å². The van der Waals surface area contributed by atoms with E-state index >= 15 is 0 Å². The molecule has 0 spiro atoms. The Morgan fingerprint density at radius 2 is 1.29 bits per heavy atom. The number of para-hydroxylation sites is 2. The predicted molar refractivity (Wildman–Crippen MR) is 219 cm³/mol. The van der Waals surface area contributed by atoms with Crippen molar-refractivity contribution in [1.82, 2.24) is 4.98 Å². The summed E-state index contributed by atoms with van der Waals surface area (Å²) in [5, 5.41) is 5.25. The van der Waals surface area contributed by atoms with Gasteiger partial charge in [0.1, 0.15) is 0 Å². The summed E-state index contributed by atoms with van der Waals surface area (Å²) in [5.41, 5.74) is 19.1. The normalized spacial score (nSPS) is 15.2. The average molecular weight is 670 g/mol. The van der Waals surface area contributed by atoms with E-state index in [1.807, 2.05) is 11.3 Å². The van der Waals surface area contributed by atoms with E-state index in [0.717, 1.165) is 19.3 Å². The zero-order valence-electron chi connectivity index (χ0n) is 28.5. The molecular weight excluding hydrogens is 635 g/mol. The molecule has 2 aromatic heterocycles. The van der Waals surface area contributed by atoms with Crippen LogP contribution in [0.25, 0.3) is 80.9 Å². The lowest BCUT2D eigenvalue weighted by atomic mass is 9.82. The third-order valence-electron chi connectivity index (χ3n) is 11.7.